The molecule has 9 heteroatoms. The van der Waals surface area contributed by atoms with Crippen molar-refractivity contribution >= 4 is 43.5 Å². The Balaban J connectivity index is 2.03. The number of carbonyl (C=O) groups excluding carboxylic acids is 2. The van der Waals surface area contributed by atoms with E-state index in [0.29, 0.717) is 18.7 Å². The first-order valence-corrected chi connectivity index (χ1v) is 16.0. The van der Waals surface area contributed by atoms with E-state index < -0.39 is 28.5 Å². The van der Waals surface area contributed by atoms with Gasteiger partial charge in [-0.3, -0.25) is 13.9 Å². The van der Waals surface area contributed by atoms with Crippen molar-refractivity contribution in [3.8, 4) is 0 Å². The van der Waals surface area contributed by atoms with E-state index in [2.05, 4.69) is 21.2 Å². The highest BCUT2D eigenvalue weighted by Crippen LogP contribution is 2.23. The number of nitrogens with zero attached hydrogens (tertiary/aromatic N) is 2. The Morgan fingerprint density at radius 3 is 2.20 bits per heavy atom. The summed E-state index contributed by atoms with van der Waals surface area (Å²) >= 11 is 3.45. The molecule has 0 aromatic heterocycles. The van der Waals surface area contributed by atoms with Crippen molar-refractivity contribution in [2.24, 2.45) is 0 Å². The van der Waals surface area contributed by atoms with E-state index in [4.69, 9.17) is 0 Å². The Morgan fingerprint density at radius 1 is 0.925 bits per heavy atom. The Labute approximate surface area is 246 Å². The molecule has 0 saturated carbocycles. The van der Waals surface area contributed by atoms with Crippen molar-refractivity contribution in [3.05, 3.63) is 99.5 Å². The lowest BCUT2D eigenvalue weighted by atomic mass is 10.0. The summed E-state index contributed by atoms with van der Waals surface area (Å²) in [5.41, 5.74) is 4.08. The molecule has 3 rings (SSSR count). The van der Waals surface area contributed by atoms with Crippen molar-refractivity contribution < 1.29 is 18.0 Å². The third-order valence-electron chi connectivity index (χ3n) is 6.82. The minimum Gasteiger partial charge on any atom is -0.354 e. The number of hydrogen-bond donors (Lipinski definition) is 1. The number of rotatable bonds is 13. The Kier molecular flexibility index (Phi) is 11.3. The van der Waals surface area contributed by atoms with Gasteiger partial charge in [0.05, 0.1) is 11.9 Å². The molecule has 0 aliphatic carbocycles. The van der Waals surface area contributed by atoms with Crippen molar-refractivity contribution in [1.82, 2.24) is 10.2 Å². The fraction of sp³-hybridized carbons (Fsp3) is 0.355. The number of carbonyl (C=O) groups is 2. The minimum atomic E-state index is -3.80. The van der Waals surface area contributed by atoms with E-state index in [1.807, 2.05) is 81.4 Å². The second-order valence-electron chi connectivity index (χ2n) is 10.0. The van der Waals surface area contributed by atoms with Gasteiger partial charge in [-0.1, -0.05) is 77.8 Å². The van der Waals surface area contributed by atoms with Gasteiger partial charge in [0.1, 0.15) is 12.6 Å². The number of sulfonamides is 1. The summed E-state index contributed by atoms with van der Waals surface area (Å²) in [5, 5.41) is 2.99. The van der Waals surface area contributed by atoms with Gasteiger partial charge in [-0.2, -0.15) is 0 Å². The standard InChI is InChI=1S/C31H38BrN3O4S/c1-5-6-18-33-31(37)29(20-25-10-8-7-9-11-25)34(21-26-13-15-27(32)16-14-26)30(36)22-35(40(4,38)39)28-17-12-23(2)24(3)19-28/h7-17,19,29H,5-6,18,20-22H2,1-4H3,(H,33,37)/t29-/m1/s1. The maximum absolute atomic E-state index is 14.1. The van der Waals surface area contributed by atoms with Gasteiger partial charge < -0.3 is 10.2 Å². The molecule has 0 spiro atoms. The van der Waals surface area contributed by atoms with Crippen LogP contribution in [0, 0.1) is 13.8 Å². The van der Waals surface area contributed by atoms with Crippen LogP contribution in [-0.4, -0.2) is 50.5 Å². The Hall–Kier alpha value is -3.17. The molecular formula is C31H38BrN3O4S. The first-order chi connectivity index (χ1) is 19.0. The molecule has 2 amide bonds. The van der Waals surface area contributed by atoms with Gasteiger partial charge in [-0.25, -0.2) is 8.42 Å². The number of nitrogens with one attached hydrogen (secondary N) is 1. The summed E-state index contributed by atoms with van der Waals surface area (Å²) in [5.74, 6) is -0.724. The Bertz CT molecular complexity index is 1400. The smallest absolute Gasteiger partial charge is 0.244 e. The molecule has 0 unspecified atom stereocenters. The fourth-order valence-corrected chi connectivity index (χ4v) is 5.45. The van der Waals surface area contributed by atoms with Crippen molar-refractivity contribution in [1.29, 1.82) is 0 Å². The molecule has 3 aromatic rings. The van der Waals surface area contributed by atoms with Gasteiger partial charge in [0.2, 0.25) is 21.8 Å². The highest BCUT2D eigenvalue weighted by atomic mass is 79.9. The summed E-state index contributed by atoms with van der Waals surface area (Å²) in [6, 6.07) is 21.5. The SMILES string of the molecule is CCCCNC(=O)[C@@H](Cc1ccccc1)N(Cc1ccc(Br)cc1)C(=O)CN(c1ccc(C)c(C)c1)S(C)(=O)=O. The van der Waals surface area contributed by atoms with Gasteiger partial charge in [0.15, 0.2) is 0 Å². The van der Waals surface area contributed by atoms with E-state index in [1.165, 1.54) is 4.90 Å². The normalized spacial score (nSPS) is 12.0. The van der Waals surface area contributed by atoms with Crippen LogP contribution in [0.1, 0.15) is 42.0 Å². The van der Waals surface area contributed by atoms with Crippen LogP contribution in [0.25, 0.3) is 0 Å². The van der Waals surface area contributed by atoms with Crippen LogP contribution in [0.2, 0.25) is 0 Å². The molecule has 0 heterocycles. The highest BCUT2D eigenvalue weighted by molar-refractivity contribution is 9.10. The van der Waals surface area contributed by atoms with E-state index in [9.17, 15) is 18.0 Å². The van der Waals surface area contributed by atoms with E-state index in [1.54, 1.807) is 12.1 Å². The molecule has 0 saturated heterocycles. The average molecular weight is 629 g/mol. The predicted molar refractivity (Wildman–Crippen MR) is 165 cm³/mol. The van der Waals surface area contributed by atoms with Gasteiger partial charge >= 0.3 is 0 Å². The monoisotopic (exact) mass is 627 g/mol. The topological polar surface area (TPSA) is 86.8 Å². The molecule has 0 aliphatic heterocycles. The zero-order valence-corrected chi connectivity index (χ0v) is 26.0. The van der Waals surface area contributed by atoms with Crippen LogP contribution in [0.3, 0.4) is 0 Å². The van der Waals surface area contributed by atoms with Gasteiger partial charge in [0, 0.05) is 24.0 Å². The molecule has 7 nitrogen and oxygen atoms in total. The summed E-state index contributed by atoms with van der Waals surface area (Å²) in [6.07, 6.45) is 3.13. The number of hydrogen-bond acceptors (Lipinski definition) is 4. The minimum absolute atomic E-state index is 0.148. The maximum atomic E-state index is 14.1. The number of benzene rings is 3. The molecule has 0 fully saturated rings. The van der Waals surface area contributed by atoms with Gasteiger partial charge in [-0.05, 0) is 66.8 Å². The molecule has 0 bridgehead atoms. The molecule has 40 heavy (non-hydrogen) atoms. The quantitative estimate of drug-likeness (QED) is 0.258. The van der Waals surface area contributed by atoms with Crippen molar-refractivity contribution in [2.45, 2.75) is 52.6 Å². The molecule has 0 radical (unpaired) electrons. The van der Waals surface area contributed by atoms with Crippen molar-refractivity contribution in [3.63, 3.8) is 0 Å². The lowest BCUT2D eigenvalue weighted by molar-refractivity contribution is -0.140. The summed E-state index contributed by atoms with van der Waals surface area (Å²) < 4.78 is 27.9. The van der Waals surface area contributed by atoms with E-state index in [0.717, 1.165) is 50.1 Å². The molecule has 0 aliphatic rings. The predicted octanol–water partition coefficient (Wildman–Crippen LogP) is 5.39. The van der Waals surface area contributed by atoms with Crippen molar-refractivity contribution in [2.75, 3.05) is 23.7 Å². The maximum Gasteiger partial charge on any atom is 0.244 e. The molecule has 214 valence electrons. The number of amides is 2. The van der Waals surface area contributed by atoms with Crippen LogP contribution in [0.4, 0.5) is 5.69 Å². The third kappa shape index (κ3) is 8.93. The summed E-state index contributed by atoms with van der Waals surface area (Å²) in [4.78, 5) is 29.2. The third-order valence-corrected chi connectivity index (χ3v) is 8.49. The average Bonchev–Trinajstić information content (AvgIpc) is 2.92. The lowest BCUT2D eigenvalue weighted by Gasteiger charge is -2.33. The molecular weight excluding hydrogens is 590 g/mol. The first kappa shape index (κ1) is 31.4. The van der Waals surface area contributed by atoms with Crippen LogP contribution >= 0.6 is 15.9 Å². The van der Waals surface area contributed by atoms with Crippen LogP contribution in [0.15, 0.2) is 77.3 Å². The highest BCUT2D eigenvalue weighted by Gasteiger charge is 2.33. The second kappa shape index (κ2) is 14.5. The summed E-state index contributed by atoms with van der Waals surface area (Å²) in [6.45, 7) is 6.11. The fourth-order valence-electron chi connectivity index (χ4n) is 4.34. The molecule has 1 N–H and O–H groups in total. The molecule has 3 aromatic carbocycles. The summed E-state index contributed by atoms with van der Waals surface area (Å²) in [7, 11) is -3.80. The lowest BCUT2D eigenvalue weighted by Crippen LogP contribution is -2.53. The number of unbranched alkanes of at least 4 members (excludes halogenated alkanes) is 1. The second-order valence-corrected chi connectivity index (χ2v) is 12.9. The number of aryl methyl sites for hydroxylation is 2. The van der Waals surface area contributed by atoms with Gasteiger partial charge in [0.25, 0.3) is 0 Å². The van der Waals surface area contributed by atoms with Crippen LogP contribution in [0.5, 0.6) is 0 Å². The van der Waals surface area contributed by atoms with Crippen LogP contribution < -0.4 is 9.62 Å². The zero-order chi connectivity index (χ0) is 29.3. The largest absolute Gasteiger partial charge is 0.354 e. The van der Waals surface area contributed by atoms with E-state index in [-0.39, 0.29) is 12.5 Å². The number of halogens is 1. The van der Waals surface area contributed by atoms with E-state index >= 15 is 0 Å². The van der Waals surface area contributed by atoms with Gasteiger partial charge in [-0.15, -0.1) is 0 Å². The van der Waals surface area contributed by atoms with Crippen LogP contribution in [-0.2, 0) is 32.6 Å². The zero-order valence-electron chi connectivity index (χ0n) is 23.6. The Morgan fingerprint density at radius 2 is 1.60 bits per heavy atom. The molecule has 1 atom stereocenters. The first-order valence-electron chi connectivity index (χ1n) is 13.4. The number of anilines is 1.